The van der Waals surface area contributed by atoms with E-state index >= 15 is 0 Å². The van der Waals surface area contributed by atoms with Crippen molar-refractivity contribution in [1.82, 2.24) is 9.78 Å². The molecule has 0 amide bonds. The summed E-state index contributed by atoms with van der Waals surface area (Å²) in [5, 5.41) is 7.36. The second-order valence-electron chi connectivity index (χ2n) is 5.89. The van der Waals surface area contributed by atoms with Crippen LogP contribution in [0.3, 0.4) is 0 Å². The smallest absolute Gasteiger partial charge is 0.381 e. The van der Waals surface area contributed by atoms with Gasteiger partial charge in [-0.05, 0) is 45.0 Å². The highest BCUT2D eigenvalue weighted by molar-refractivity contribution is 5.45. The molecule has 0 unspecified atom stereocenters. The number of anilines is 1. The van der Waals surface area contributed by atoms with Crippen molar-refractivity contribution in [2.45, 2.75) is 39.0 Å². The lowest BCUT2D eigenvalue weighted by Crippen LogP contribution is -2.21. The molecule has 0 bridgehead atoms. The Hall–Kier alpha value is -1.98. The number of nitrogens with zero attached hydrogens (tertiary/aromatic N) is 2. The third kappa shape index (κ3) is 4.00. The molecule has 3 nitrogen and oxygen atoms in total. The number of aromatic nitrogens is 2. The maximum atomic E-state index is 12.5. The fraction of sp³-hybridized carbons (Fsp3) is 0.400. The molecule has 21 heavy (non-hydrogen) atoms. The van der Waals surface area contributed by atoms with E-state index in [-0.39, 0.29) is 5.54 Å². The molecule has 1 aromatic carbocycles. The Morgan fingerprint density at radius 2 is 1.71 bits per heavy atom. The monoisotopic (exact) mass is 297 g/mol. The standard InChI is InChI=1S/C15H18F3N3/c1-14(2,3)21-10-11(9-20-21)8-19-13-6-4-12(5-7-13)15(16,17)18/h4-7,9-10,19H,8H2,1-3H3. The Balaban J connectivity index is 1.99. The minimum Gasteiger partial charge on any atom is -0.381 e. The van der Waals surface area contributed by atoms with Crippen LogP contribution < -0.4 is 5.32 Å². The summed E-state index contributed by atoms with van der Waals surface area (Å²) in [4.78, 5) is 0. The van der Waals surface area contributed by atoms with Crippen LogP contribution in [0.2, 0.25) is 0 Å². The van der Waals surface area contributed by atoms with Gasteiger partial charge in [0, 0.05) is 24.0 Å². The van der Waals surface area contributed by atoms with Crippen LogP contribution in [-0.4, -0.2) is 9.78 Å². The number of nitrogens with one attached hydrogen (secondary N) is 1. The van der Waals surface area contributed by atoms with Crippen molar-refractivity contribution in [2.75, 3.05) is 5.32 Å². The molecule has 6 heteroatoms. The van der Waals surface area contributed by atoms with Gasteiger partial charge in [-0.25, -0.2) is 0 Å². The van der Waals surface area contributed by atoms with Gasteiger partial charge in [0.05, 0.1) is 17.3 Å². The van der Waals surface area contributed by atoms with Gasteiger partial charge in [-0.3, -0.25) is 4.68 Å². The highest BCUT2D eigenvalue weighted by atomic mass is 19.4. The van der Waals surface area contributed by atoms with E-state index in [1.807, 2.05) is 31.6 Å². The molecule has 2 rings (SSSR count). The van der Waals surface area contributed by atoms with Crippen LogP contribution in [0.15, 0.2) is 36.7 Å². The van der Waals surface area contributed by atoms with E-state index in [1.165, 1.54) is 12.1 Å². The van der Waals surface area contributed by atoms with Gasteiger partial charge in [0.15, 0.2) is 0 Å². The summed E-state index contributed by atoms with van der Waals surface area (Å²) in [6.45, 7) is 6.66. The predicted octanol–water partition coefficient (Wildman–Crippen LogP) is 4.27. The number of hydrogen-bond acceptors (Lipinski definition) is 2. The molecule has 0 radical (unpaired) electrons. The molecule has 0 aliphatic heterocycles. The molecule has 2 aromatic rings. The van der Waals surface area contributed by atoms with Gasteiger partial charge in [0.2, 0.25) is 0 Å². The van der Waals surface area contributed by atoms with Gasteiger partial charge >= 0.3 is 6.18 Å². The SMILES string of the molecule is CC(C)(C)n1cc(CNc2ccc(C(F)(F)F)cc2)cn1. The number of hydrogen-bond donors (Lipinski definition) is 1. The maximum absolute atomic E-state index is 12.5. The van der Waals surface area contributed by atoms with Gasteiger partial charge < -0.3 is 5.32 Å². The van der Waals surface area contributed by atoms with E-state index in [4.69, 9.17) is 0 Å². The van der Waals surface area contributed by atoms with E-state index in [9.17, 15) is 13.2 Å². The highest BCUT2D eigenvalue weighted by Crippen LogP contribution is 2.29. The van der Waals surface area contributed by atoms with Crippen LogP contribution in [0, 0.1) is 0 Å². The summed E-state index contributed by atoms with van der Waals surface area (Å²) in [7, 11) is 0. The zero-order chi connectivity index (χ0) is 15.7. The molecule has 0 aliphatic carbocycles. The lowest BCUT2D eigenvalue weighted by molar-refractivity contribution is -0.137. The second-order valence-corrected chi connectivity index (χ2v) is 5.89. The third-order valence-corrected chi connectivity index (χ3v) is 3.03. The lowest BCUT2D eigenvalue weighted by Gasteiger charge is -2.18. The van der Waals surface area contributed by atoms with E-state index < -0.39 is 11.7 Å². The lowest BCUT2D eigenvalue weighted by atomic mass is 10.1. The number of rotatable bonds is 3. The summed E-state index contributed by atoms with van der Waals surface area (Å²) >= 11 is 0. The van der Waals surface area contributed by atoms with Crippen molar-refractivity contribution in [2.24, 2.45) is 0 Å². The van der Waals surface area contributed by atoms with Crippen molar-refractivity contribution in [3.63, 3.8) is 0 Å². The predicted molar refractivity (Wildman–Crippen MR) is 76.0 cm³/mol. The molecule has 114 valence electrons. The average molecular weight is 297 g/mol. The molecule has 0 spiro atoms. The van der Waals surface area contributed by atoms with Crippen LogP contribution in [0.5, 0.6) is 0 Å². The molecule has 0 fully saturated rings. The van der Waals surface area contributed by atoms with E-state index in [0.29, 0.717) is 12.2 Å². The van der Waals surface area contributed by atoms with Crippen molar-refractivity contribution >= 4 is 5.69 Å². The summed E-state index contributed by atoms with van der Waals surface area (Å²) in [6.07, 6.45) is -0.619. The van der Waals surface area contributed by atoms with Gasteiger partial charge in [0.25, 0.3) is 0 Å². The minimum atomic E-state index is -4.30. The second kappa shape index (κ2) is 5.42. The maximum Gasteiger partial charge on any atom is 0.416 e. The first kappa shape index (κ1) is 15.4. The number of alkyl halides is 3. The van der Waals surface area contributed by atoms with E-state index in [0.717, 1.165) is 17.7 Å². The first-order valence-electron chi connectivity index (χ1n) is 6.61. The Labute approximate surface area is 121 Å². The van der Waals surface area contributed by atoms with E-state index in [2.05, 4.69) is 10.4 Å². The van der Waals surface area contributed by atoms with Crippen molar-refractivity contribution < 1.29 is 13.2 Å². The molecule has 1 heterocycles. The molecule has 0 saturated carbocycles. The Morgan fingerprint density at radius 1 is 1.10 bits per heavy atom. The summed E-state index contributed by atoms with van der Waals surface area (Å²) in [5.41, 5.74) is 0.886. The first-order chi connectivity index (χ1) is 9.66. The van der Waals surface area contributed by atoms with Crippen LogP contribution in [0.4, 0.5) is 18.9 Å². The molecule has 0 aliphatic rings. The fourth-order valence-corrected chi connectivity index (χ4v) is 1.80. The zero-order valence-electron chi connectivity index (χ0n) is 12.2. The largest absolute Gasteiger partial charge is 0.416 e. The third-order valence-electron chi connectivity index (χ3n) is 3.03. The quantitative estimate of drug-likeness (QED) is 0.917. The number of benzene rings is 1. The van der Waals surface area contributed by atoms with E-state index in [1.54, 1.807) is 6.20 Å². The van der Waals surface area contributed by atoms with Crippen molar-refractivity contribution in [3.8, 4) is 0 Å². The van der Waals surface area contributed by atoms with Crippen LogP contribution >= 0.6 is 0 Å². The van der Waals surface area contributed by atoms with Crippen molar-refractivity contribution in [3.05, 3.63) is 47.8 Å². The minimum absolute atomic E-state index is 0.0907. The van der Waals surface area contributed by atoms with Crippen LogP contribution in [0.25, 0.3) is 0 Å². The number of halogens is 3. The average Bonchev–Trinajstić information content (AvgIpc) is 2.84. The zero-order valence-corrected chi connectivity index (χ0v) is 12.2. The van der Waals surface area contributed by atoms with Gasteiger partial charge in [-0.2, -0.15) is 18.3 Å². The van der Waals surface area contributed by atoms with Gasteiger partial charge in [-0.15, -0.1) is 0 Å². The summed E-state index contributed by atoms with van der Waals surface area (Å²) in [5.74, 6) is 0. The normalized spacial score (nSPS) is 12.5. The molecule has 1 N–H and O–H groups in total. The first-order valence-corrected chi connectivity index (χ1v) is 6.61. The molecule has 1 aromatic heterocycles. The summed E-state index contributed by atoms with van der Waals surface area (Å²) < 4.78 is 39.2. The highest BCUT2D eigenvalue weighted by Gasteiger charge is 2.29. The topological polar surface area (TPSA) is 29.9 Å². The Morgan fingerprint density at radius 3 is 2.19 bits per heavy atom. The Bertz CT molecular complexity index is 592. The van der Waals surface area contributed by atoms with Crippen LogP contribution in [0.1, 0.15) is 31.9 Å². The van der Waals surface area contributed by atoms with Crippen LogP contribution in [-0.2, 0) is 18.3 Å². The molecule has 0 atom stereocenters. The molecular weight excluding hydrogens is 279 g/mol. The van der Waals surface area contributed by atoms with Crippen molar-refractivity contribution in [1.29, 1.82) is 0 Å². The summed E-state index contributed by atoms with van der Waals surface area (Å²) in [6, 6.07) is 5.00. The fourth-order valence-electron chi connectivity index (χ4n) is 1.80. The molecular formula is C15H18F3N3. The Kier molecular flexibility index (Phi) is 3.98. The van der Waals surface area contributed by atoms with Gasteiger partial charge in [-0.1, -0.05) is 0 Å². The van der Waals surface area contributed by atoms with Gasteiger partial charge in [0.1, 0.15) is 0 Å². The molecule has 0 saturated heterocycles.